The topological polar surface area (TPSA) is 57.5 Å². The Kier molecular flexibility index (Phi) is 13.6. The number of rotatable bonds is 17. The summed E-state index contributed by atoms with van der Waals surface area (Å²) in [6, 6.07) is 10.7. The molecule has 34 heavy (non-hydrogen) atoms. The van der Waals surface area contributed by atoms with Gasteiger partial charge in [0.05, 0.1) is 12.0 Å². The van der Waals surface area contributed by atoms with Gasteiger partial charge < -0.3 is 10.2 Å². The van der Waals surface area contributed by atoms with E-state index in [1.54, 1.807) is 6.92 Å². The van der Waals surface area contributed by atoms with Crippen molar-refractivity contribution >= 4 is 5.97 Å². The lowest BCUT2D eigenvalue weighted by Crippen LogP contribution is -2.39. The number of aliphatic carboxylic acids is 1. The first-order valence-electron chi connectivity index (χ1n) is 14.1. The predicted octanol–water partition coefficient (Wildman–Crippen LogP) is 8.45. The maximum absolute atomic E-state index is 12.2. The summed E-state index contributed by atoms with van der Waals surface area (Å²) in [4.78, 5) is 12.2. The van der Waals surface area contributed by atoms with Crippen molar-refractivity contribution in [2.24, 2.45) is 11.8 Å². The van der Waals surface area contributed by atoms with E-state index < -0.39 is 18.0 Å². The second-order valence-electron chi connectivity index (χ2n) is 10.7. The number of hydrogen-bond donors (Lipinski definition) is 2. The molecule has 192 valence electrons. The molecule has 0 bridgehead atoms. The first-order valence-corrected chi connectivity index (χ1v) is 14.1. The quantitative estimate of drug-likeness (QED) is 0.177. The van der Waals surface area contributed by atoms with Crippen LogP contribution in [0.15, 0.2) is 42.5 Å². The second kappa shape index (κ2) is 16.1. The van der Waals surface area contributed by atoms with Gasteiger partial charge in [-0.15, -0.1) is 0 Å². The Morgan fingerprint density at radius 1 is 0.941 bits per heavy atom. The molecule has 0 aliphatic heterocycles. The van der Waals surface area contributed by atoms with E-state index in [2.05, 4.69) is 49.4 Å². The fourth-order valence-electron chi connectivity index (χ4n) is 6.11. The smallest absolute Gasteiger partial charge is 0.309 e. The first-order chi connectivity index (χ1) is 16.5. The van der Waals surface area contributed by atoms with Crippen LogP contribution < -0.4 is 0 Å². The highest BCUT2D eigenvalue weighted by atomic mass is 16.4. The highest BCUT2D eigenvalue weighted by Crippen LogP contribution is 2.46. The molecule has 1 aliphatic rings. The number of unbranched alkanes of at least 4 members (excludes halogenated alkanes) is 7. The van der Waals surface area contributed by atoms with Crippen LogP contribution >= 0.6 is 0 Å². The number of benzene rings is 1. The summed E-state index contributed by atoms with van der Waals surface area (Å²) in [6.07, 6.45) is 22.4. The Morgan fingerprint density at radius 3 is 2.12 bits per heavy atom. The van der Waals surface area contributed by atoms with Crippen LogP contribution in [0.4, 0.5) is 0 Å². The maximum Gasteiger partial charge on any atom is 0.309 e. The molecular weight excluding hydrogens is 420 g/mol. The van der Waals surface area contributed by atoms with Gasteiger partial charge in [0.2, 0.25) is 0 Å². The number of aliphatic hydroxyl groups excluding tert-OH is 1. The number of carboxylic acids is 1. The monoisotopic (exact) mass is 470 g/mol. The van der Waals surface area contributed by atoms with Gasteiger partial charge in [0.15, 0.2) is 0 Å². The van der Waals surface area contributed by atoms with Crippen LogP contribution in [0, 0.1) is 11.8 Å². The van der Waals surface area contributed by atoms with Crippen LogP contribution in [0.25, 0.3) is 0 Å². The average Bonchev–Trinajstić information content (AvgIpc) is 2.83. The molecule has 0 radical (unpaired) electrons. The SMILES string of the molecule is CCCCCCC=CCCCCC[C@H](CC1(c2ccccc2)CCCCC1)[C@H](C(=O)O)[C@H](C)O. The van der Waals surface area contributed by atoms with Gasteiger partial charge in [0.1, 0.15) is 0 Å². The zero-order valence-corrected chi connectivity index (χ0v) is 21.9. The lowest BCUT2D eigenvalue weighted by Gasteiger charge is -2.42. The molecule has 0 heterocycles. The Labute approximate surface area is 209 Å². The van der Waals surface area contributed by atoms with Gasteiger partial charge in [-0.25, -0.2) is 0 Å². The van der Waals surface area contributed by atoms with Gasteiger partial charge in [-0.05, 0) is 75.2 Å². The Balaban J connectivity index is 1.96. The van der Waals surface area contributed by atoms with Crippen LogP contribution in [0.1, 0.15) is 122 Å². The van der Waals surface area contributed by atoms with E-state index in [4.69, 9.17) is 0 Å². The molecule has 3 atom stereocenters. The molecule has 0 unspecified atom stereocenters. The van der Waals surface area contributed by atoms with E-state index in [1.807, 2.05) is 0 Å². The molecule has 3 heteroatoms. The zero-order chi connectivity index (χ0) is 24.7. The van der Waals surface area contributed by atoms with E-state index in [1.165, 1.54) is 56.9 Å². The molecule has 1 fully saturated rings. The van der Waals surface area contributed by atoms with Gasteiger partial charge in [0, 0.05) is 0 Å². The second-order valence-corrected chi connectivity index (χ2v) is 10.7. The van der Waals surface area contributed by atoms with Crippen LogP contribution in [0.5, 0.6) is 0 Å². The predicted molar refractivity (Wildman–Crippen MR) is 143 cm³/mol. The summed E-state index contributed by atoms with van der Waals surface area (Å²) in [5.74, 6) is -1.53. The van der Waals surface area contributed by atoms with Crippen LogP contribution in [0.2, 0.25) is 0 Å². The zero-order valence-electron chi connectivity index (χ0n) is 21.9. The highest BCUT2D eigenvalue weighted by Gasteiger charge is 2.41. The largest absolute Gasteiger partial charge is 0.481 e. The Morgan fingerprint density at radius 2 is 1.56 bits per heavy atom. The third kappa shape index (κ3) is 9.56. The minimum absolute atomic E-state index is 0.00455. The molecule has 0 saturated heterocycles. The van der Waals surface area contributed by atoms with Gasteiger partial charge >= 0.3 is 5.97 Å². The lowest BCUT2D eigenvalue weighted by atomic mass is 9.62. The fraction of sp³-hybridized carbons (Fsp3) is 0.710. The van der Waals surface area contributed by atoms with Crippen molar-refractivity contribution in [1.82, 2.24) is 0 Å². The van der Waals surface area contributed by atoms with Crippen molar-refractivity contribution in [1.29, 1.82) is 0 Å². The van der Waals surface area contributed by atoms with Crippen molar-refractivity contribution < 1.29 is 15.0 Å². The molecule has 3 nitrogen and oxygen atoms in total. The number of aliphatic hydroxyl groups is 1. The molecule has 1 aliphatic carbocycles. The van der Waals surface area contributed by atoms with E-state index >= 15 is 0 Å². The standard InChI is InChI=1S/C31H50O3/c1-3-4-5-6-7-8-9-10-11-12-15-20-27(29(26(2)32)30(33)34)25-31(23-18-14-19-24-31)28-21-16-13-17-22-28/h8-9,13,16-17,21-22,26-27,29,32H,3-7,10-12,14-15,18-20,23-25H2,1-2H3,(H,33,34)/t26-,27+,29+/m0/s1. The molecule has 0 spiro atoms. The number of allylic oxidation sites excluding steroid dienone is 2. The molecule has 0 amide bonds. The Bertz CT molecular complexity index is 688. The third-order valence-electron chi connectivity index (χ3n) is 8.00. The number of carboxylic acid groups (broad SMARTS) is 1. The summed E-state index contributed by atoms with van der Waals surface area (Å²) in [7, 11) is 0. The van der Waals surface area contributed by atoms with Crippen molar-refractivity contribution in [3.63, 3.8) is 0 Å². The molecule has 1 saturated carbocycles. The van der Waals surface area contributed by atoms with Crippen molar-refractivity contribution in [2.45, 2.75) is 128 Å². The summed E-state index contributed by atoms with van der Waals surface area (Å²) in [5, 5.41) is 20.4. The van der Waals surface area contributed by atoms with E-state index in [0.29, 0.717) is 0 Å². The highest BCUT2D eigenvalue weighted by molar-refractivity contribution is 5.71. The Hall–Kier alpha value is -1.61. The molecule has 2 rings (SSSR count). The van der Waals surface area contributed by atoms with Crippen LogP contribution in [0.3, 0.4) is 0 Å². The lowest BCUT2D eigenvalue weighted by molar-refractivity contribution is -0.148. The summed E-state index contributed by atoms with van der Waals surface area (Å²) < 4.78 is 0. The fourth-order valence-corrected chi connectivity index (χ4v) is 6.11. The molecule has 2 N–H and O–H groups in total. The minimum Gasteiger partial charge on any atom is -0.481 e. The van der Waals surface area contributed by atoms with Crippen molar-refractivity contribution in [3.05, 3.63) is 48.0 Å². The van der Waals surface area contributed by atoms with Gasteiger partial charge in [-0.3, -0.25) is 4.79 Å². The van der Waals surface area contributed by atoms with Gasteiger partial charge in [-0.1, -0.05) is 101 Å². The molecular formula is C31H50O3. The average molecular weight is 471 g/mol. The van der Waals surface area contributed by atoms with Crippen molar-refractivity contribution in [2.75, 3.05) is 0 Å². The van der Waals surface area contributed by atoms with Crippen molar-refractivity contribution in [3.8, 4) is 0 Å². The molecule has 0 aromatic heterocycles. The maximum atomic E-state index is 12.2. The normalized spacial score (nSPS) is 18.6. The summed E-state index contributed by atoms with van der Waals surface area (Å²) in [5.41, 5.74) is 1.41. The molecule has 1 aromatic carbocycles. The summed E-state index contributed by atoms with van der Waals surface area (Å²) >= 11 is 0. The van der Waals surface area contributed by atoms with Crippen LogP contribution in [-0.4, -0.2) is 22.3 Å². The third-order valence-corrected chi connectivity index (χ3v) is 8.00. The van der Waals surface area contributed by atoms with Crippen LogP contribution in [-0.2, 0) is 10.2 Å². The number of carbonyl (C=O) groups is 1. The first kappa shape index (κ1) is 28.6. The number of hydrogen-bond acceptors (Lipinski definition) is 2. The minimum atomic E-state index is -0.843. The summed E-state index contributed by atoms with van der Waals surface area (Å²) in [6.45, 7) is 3.91. The van der Waals surface area contributed by atoms with E-state index in [9.17, 15) is 15.0 Å². The van der Waals surface area contributed by atoms with E-state index in [0.717, 1.165) is 51.4 Å². The van der Waals surface area contributed by atoms with Gasteiger partial charge in [0.25, 0.3) is 0 Å². The van der Waals surface area contributed by atoms with Gasteiger partial charge in [-0.2, -0.15) is 0 Å². The van der Waals surface area contributed by atoms with E-state index in [-0.39, 0.29) is 11.3 Å². The molecule has 1 aromatic rings.